The number of benzene rings is 1. The average Bonchev–Trinajstić information content (AvgIpc) is 2.36. The highest BCUT2D eigenvalue weighted by molar-refractivity contribution is 5.96. The van der Waals surface area contributed by atoms with Crippen LogP contribution < -0.4 is 4.74 Å². The first kappa shape index (κ1) is 13.2. The first-order valence-electron chi connectivity index (χ1n) is 5.90. The lowest BCUT2D eigenvalue weighted by Crippen LogP contribution is -2.02. The van der Waals surface area contributed by atoms with E-state index in [0.29, 0.717) is 16.9 Å². The fourth-order valence-corrected chi connectivity index (χ4v) is 1.74. The first-order valence-corrected chi connectivity index (χ1v) is 5.90. The summed E-state index contributed by atoms with van der Waals surface area (Å²) in [5.41, 5.74) is 2.14. The summed E-state index contributed by atoms with van der Waals surface area (Å²) < 4.78 is 18.6. The summed E-state index contributed by atoms with van der Waals surface area (Å²) >= 11 is 0. The van der Waals surface area contributed by atoms with E-state index in [9.17, 15) is 9.18 Å². The summed E-state index contributed by atoms with van der Waals surface area (Å²) in [5.74, 6) is 0.0428. The largest absolute Gasteiger partial charge is 0.488 e. The van der Waals surface area contributed by atoms with Gasteiger partial charge in [0.25, 0.3) is 0 Å². The molecule has 1 heterocycles. The molecule has 0 N–H and O–H groups in total. The van der Waals surface area contributed by atoms with Crippen LogP contribution in [0.1, 0.15) is 28.4 Å². The van der Waals surface area contributed by atoms with Gasteiger partial charge >= 0.3 is 0 Å². The van der Waals surface area contributed by atoms with Gasteiger partial charge in [0.15, 0.2) is 5.78 Å². The second kappa shape index (κ2) is 5.61. The molecule has 2 aromatic rings. The van der Waals surface area contributed by atoms with Gasteiger partial charge in [0.2, 0.25) is 0 Å². The number of Topliss-reactive ketones (excluding diaryl/α,β-unsaturated/α-hetero) is 1. The van der Waals surface area contributed by atoms with Crippen LogP contribution in [0.2, 0.25) is 0 Å². The smallest absolute Gasteiger partial charge is 0.163 e. The SMILES string of the molecule is CC(=O)c1ccc(C)cc1OCc1cncc(F)c1. The number of halogens is 1. The summed E-state index contributed by atoms with van der Waals surface area (Å²) in [6.07, 6.45) is 2.67. The Bertz CT molecular complexity index is 611. The van der Waals surface area contributed by atoms with Gasteiger partial charge in [-0.15, -0.1) is 0 Å². The van der Waals surface area contributed by atoms with E-state index >= 15 is 0 Å². The minimum Gasteiger partial charge on any atom is -0.488 e. The van der Waals surface area contributed by atoms with E-state index in [0.717, 1.165) is 11.8 Å². The van der Waals surface area contributed by atoms with Crippen molar-refractivity contribution in [1.82, 2.24) is 4.98 Å². The number of carbonyl (C=O) groups excluding carboxylic acids is 1. The minimum atomic E-state index is -0.405. The van der Waals surface area contributed by atoms with Gasteiger partial charge in [-0.05, 0) is 37.6 Å². The molecule has 2 rings (SSSR count). The number of ketones is 1. The van der Waals surface area contributed by atoms with Gasteiger partial charge in [-0.3, -0.25) is 9.78 Å². The van der Waals surface area contributed by atoms with Crippen molar-refractivity contribution in [2.45, 2.75) is 20.5 Å². The van der Waals surface area contributed by atoms with Crippen LogP contribution in [0, 0.1) is 12.7 Å². The van der Waals surface area contributed by atoms with Crippen molar-refractivity contribution in [1.29, 1.82) is 0 Å². The maximum absolute atomic E-state index is 13.0. The molecule has 0 saturated heterocycles. The Balaban J connectivity index is 2.19. The van der Waals surface area contributed by atoms with Gasteiger partial charge in [0, 0.05) is 11.8 Å². The summed E-state index contributed by atoms with van der Waals surface area (Å²) in [7, 11) is 0. The lowest BCUT2D eigenvalue weighted by Gasteiger charge is -2.10. The van der Waals surface area contributed by atoms with Crippen LogP contribution in [-0.2, 0) is 6.61 Å². The quantitative estimate of drug-likeness (QED) is 0.791. The first-order chi connectivity index (χ1) is 9.06. The zero-order valence-electron chi connectivity index (χ0n) is 10.8. The van der Waals surface area contributed by atoms with Gasteiger partial charge in [-0.2, -0.15) is 0 Å². The number of aryl methyl sites for hydroxylation is 1. The van der Waals surface area contributed by atoms with Crippen molar-refractivity contribution in [3.63, 3.8) is 0 Å². The van der Waals surface area contributed by atoms with E-state index in [2.05, 4.69) is 4.98 Å². The molecule has 98 valence electrons. The number of hydrogen-bond acceptors (Lipinski definition) is 3. The van der Waals surface area contributed by atoms with Crippen molar-refractivity contribution >= 4 is 5.78 Å². The molecule has 0 radical (unpaired) electrons. The zero-order chi connectivity index (χ0) is 13.8. The molecular formula is C15H14FNO2. The Morgan fingerprint density at radius 1 is 1.32 bits per heavy atom. The van der Waals surface area contributed by atoms with E-state index in [-0.39, 0.29) is 12.4 Å². The van der Waals surface area contributed by atoms with Gasteiger partial charge in [0.1, 0.15) is 18.2 Å². The standard InChI is InChI=1S/C15H14FNO2/c1-10-3-4-14(11(2)18)15(5-10)19-9-12-6-13(16)8-17-7-12/h3-8H,9H2,1-2H3. The molecule has 3 nitrogen and oxygen atoms in total. The van der Waals surface area contributed by atoms with Crippen molar-refractivity contribution in [2.24, 2.45) is 0 Å². The lowest BCUT2D eigenvalue weighted by atomic mass is 10.1. The molecule has 1 aromatic carbocycles. The van der Waals surface area contributed by atoms with Crippen LogP contribution in [0.15, 0.2) is 36.7 Å². The lowest BCUT2D eigenvalue weighted by molar-refractivity contribution is 0.101. The van der Waals surface area contributed by atoms with E-state index in [4.69, 9.17) is 4.74 Å². The number of nitrogens with zero attached hydrogens (tertiary/aromatic N) is 1. The van der Waals surface area contributed by atoms with Gasteiger partial charge in [-0.1, -0.05) is 6.07 Å². The fourth-order valence-electron chi connectivity index (χ4n) is 1.74. The third-order valence-electron chi connectivity index (χ3n) is 2.67. The van der Waals surface area contributed by atoms with Crippen LogP contribution >= 0.6 is 0 Å². The molecule has 0 fully saturated rings. The molecule has 0 bridgehead atoms. The van der Waals surface area contributed by atoms with Crippen molar-refractivity contribution in [3.8, 4) is 5.75 Å². The maximum Gasteiger partial charge on any atom is 0.163 e. The Labute approximate surface area is 111 Å². The van der Waals surface area contributed by atoms with Crippen LogP contribution in [0.25, 0.3) is 0 Å². The van der Waals surface area contributed by atoms with Gasteiger partial charge in [0.05, 0.1) is 11.8 Å². The second-order valence-corrected chi connectivity index (χ2v) is 4.36. The molecule has 0 atom stereocenters. The third kappa shape index (κ3) is 3.37. The summed E-state index contributed by atoms with van der Waals surface area (Å²) in [4.78, 5) is 15.2. The molecule has 4 heteroatoms. The molecular weight excluding hydrogens is 245 g/mol. The van der Waals surface area contributed by atoms with Gasteiger partial charge < -0.3 is 4.74 Å². The number of hydrogen-bond donors (Lipinski definition) is 0. The molecule has 0 saturated carbocycles. The second-order valence-electron chi connectivity index (χ2n) is 4.36. The van der Waals surface area contributed by atoms with Crippen molar-refractivity contribution in [3.05, 3.63) is 59.2 Å². The molecule has 0 aliphatic carbocycles. The number of ether oxygens (including phenoxy) is 1. The molecule has 0 aliphatic rings. The highest BCUT2D eigenvalue weighted by atomic mass is 19.1. The van der Waals surface area contributed by atoms with E-state index in [1.54, 1.807) is 12.1 Å². The Morgan fingerprint density at radius 3 is 2.79 bits per heavy atom. The van der Waals surface area contributed by atoms with Crippen molar-refractivity contribution in [2.75, 3.05) is 0 Å². The van der Waals surface area contributed by atoms with E-state index in [1.165, 1.54) is 19.2 Å². The monoisotopic (exact) mass is 259 g/mol. The van der Waals surface area contributed by atoms with Crippen LogP contribution in [0.4, 0.5) is 4.39 Å². The Morgan fingerprint density at radius 2 is 2.11 bits per heavy atom. The number of aromatic nitrogens is 1. The summed E-state index contributed by atoms with van der Waals surface area (Å²) in [5, 5.41) is 0. The van der Waals surface area contributed by atoms with E-state index in [1.807, 2.05) is 13.0 Å². The molecule has 0 spiro atoms. The topological polar surface area (TPSA) is 39.2 Å². The fraction of sp³-hybridized carbons (Fsp3) is 0.200. The Hall–Kier alpha value is -2.23. The summed E-state index contributed by atoms with van der Waals surface area (Å²) in [6, 6.07) is 6.74. The normalized spacial score (nSPS) is 10.3. The number of rotatable bonds is 4. The highest BCUT2D eigenvalue weighted by Crippen LogP contribution is 2.22. The molecule has 19 heavy (non-hydrogen) atoms. The number of pyridine rings is 1. The van der Waals surface area contributed by atoms with Crippen molar-refractivity contribution < 1.29 is 13.9 Å². The molecule has 0 amide bonds. The van der Waals surface area contributed by atoms with Crippen LogP contribution in [0.3, 0.4) is 0 Å². The third-order valence-corrected chi connectivity index (χ3v) is 2.67. The van der Waals surface area contributed by atoms with E-state index < -0.39 is 5.82 Å². The highest BCUT2D eigenvalue weighted by Gasteiger charge is 2.09. The zero-order valence-corrected chi connectivity index (χ0v) is 10.8. The average molecular weight is 259 g/mol. The van der Waals surface area contributed by atoms with Crippen LogP contribution in [0.5, 0.6) is 5.75 Å². The predicted molar refractivity (Wildman–Crippen MR) is 69.7 cm³/mol. The maximum atomic E-state index is 13.0. The Kier molecular flexibility index (Phi) is 3.90. The molecule has 0 aliphatic heterocycles. The molecule has 0 unspecified atom stereocenters. The van der Waals surface area contributed by atoms with Crippen LogP contribution in [-0.4, -0.2) is 10.8 Å². The van der Waals surface area contributed by atoms with Gasteiger partial charge in [-0.25, -0.2) is 4.39 Å². The molecule has 1 aromatic heterocycles. The predicted octanol–water partition coefficient (Wildman–Crippen LogP) is 3.31. The minimum absolute atomic E-state index is 0.0626. The summed E-state index contributed by atoms with van der Waals surface area (Å²) in [6.45, 7) is 3.58. The number of carbonyl (C=O) groups is 1.